The van der Waals surface area contributed by atoms with Gasteiger partial charge in [0, 0.05) is 12.8 Å². The molecule has 0 aromatic heterocycles. The highest BCUT2D eigenvalue weighted by Crippen LogP contribution is 2.20. The number of rotatable bonds is 36. The van der Waals surface area contributed by atoms with Crippen molar-refractivity contribution < 1.29 is 24.2 Å². The van der Waals surface area contributed by atoms with Crippen molar-refractivity contribution in [3.63, 3.8) is 0 Å². The molecular formula is C41H80O5. The van der Waals surface area contributed by atoms with Crippen molar-refractivity contribution >= 4 is 11.9 Å². The van der Waals surface area contributed by atoms with Crippen molar-refractivity contribution in [2.45, 2.75) is 226 Å². The van der Waals surface area contributed by atoms with Gasteiger partial charge in [0.25, 0.3) is 0 Å². The highest BCUT2D eigenvalue weighted by Gasteiger charge is 2.13. The van der Waals surface area contributed by atoms with Gasteiger partial charge in [-0.2, -0.15) is 0 Å². The summed E-state index contributed by atoms with van der Waals surface area (Å²) in [5.74, 6) is 1.02. The maximum Gasteiger partial charge on any atom is 0.305 e. The molecule has 0 bridgehead atoms. The Bertz CT molecular complexity index is 597. The van der Waals surface area contributed by atoms with Crippen molar-refractivity contribution in [1.82, 2.24) is 0 Å². The largest absolute Gasteiger partial charge is 0.465 e. The Hall–Kier alpha value is -1.10. The molecule has 46 heavy (non-hydrogen) atoms. The minimum absolute atomic E-state index is 0.0233. The van der Waals surface area contributed by atoms with Crippen LogP contribution < -0.4 is 0 Å². The van der Waals surface area contributed by atoms with Crippen LogP contribution in [0.15, 0.2) is 0 Å². The first-order valence-electron chi connectivity index (χ1n) is 20.5. The number of hydrogen-bond donors (Lipinski definition) is 1. The Kier molecular flexibility index (Phi) is 34.4. The predicted octanol–water partition coefficient (Wildman–Crippen LogP) is 12.4. The third kappa shape index (κ3) is 31.5. The summed E-state index contributed by atoms with van der Waals surface area (Å²) in [5, 5.41) is 10.4. The lowest BCUT2D eigenvalue weighted by molar-refractivity contribution is -0.146. The summed E-state index contributed by atoms with van der Waals surface area (Å²) in [6, 6.07) is 0. The van der Waals surface area contributed by atoms with Gasteiger partial charge in [0.15, 0.2) is 0 Å². The van der Waals surface area contributed by atoms with Crippen molar-refractivity contribution in [2.24, 2.45) is 11.8 Å². The topological polar surface area (TPSA) is 72.8 Å². The number of unbranched alkanes of at least 4 members (excludes halogenated alkanes) is 16. The van der Waals surface area contributed by atoms with Crippen LogP contribution in [-0.2, 0) is 19.1 Å². The molecule has 0 saturated carbocycles. The van der Waals surface area contributed by atoms with E-state index in [-0.39, 0.29) is 18.0 Å². The molecule has 2 unspecified atom stereocenters. The maximum absolute atomic E-state index is 12.2. The monoisotopic (exact) mass is 653 g/mol. The highest BCUT2D eigenvalue weighted by atomic mass is 16.5. The van der Waals surface area contributed by atoms with E-state index in [1.165, 1.54) is 103 Å². The van der Waals surface area contributed by atoms with Crippen molar-refractivity contribution in [2.75, 3.05) is 13.2 Å². The van der Waals surface area contributed by atoms with Gasteiger partial charge in [0.05, 0.1) is 19.3 Å². The lowest BCUT2D eigenvalue weighted by Gasteiger charge is -2.17. The third-order valence-electron chi connectivity index (χ3n) is 9.66. The van der Waals surface area contributed by atoms with E-state index in [1.54, 1.807) is 0 Å². The molecule has 0 saturated heterocycles. The molecule has 0 aliphatic rings. The number of hydrogen-bond acceptors (Lipinski definition) is 5. The van der Waals surface area contributed by atoms with Crippen LogP contribution in [0.1, 0.15) is 220 Å². The SMILES string of the molecule is CCCCCCC(CCCC)COC(=O)CCCCCCCC(O)CCCCCCCC(=O)OCC(CCCC)CCCCCC. The fourth-order valence-corrected chi connectivity index (χ4v) is 6.40. The summed E-state index contributed by atoms with van der Waals surface area (Å²) in [6.07, 6.45) is 33.0. The molecule has 0 spiro atoms. The molecule has 0 heterocycles. The Morgan fingerprint density at radius 2 is 0.717 bits per heavy atom. The minimum Gasteiger partial charge on any atom is -0.465 e. The average Bonchev–Trinajstić information content (AvgIpc) is 3.05. The average molecular weight is 653 g/mol. The summed E-state index contributed by atoms with van der Waals surface area (Å²) in [4.78, 5) is 24.5. The predicted molar refractivity (Wildman–Crippen MR) is 196 cm³/mol. The Morgan fingerprint density at radius 3 is 1.11 bits per heavy atom. The molecule has 0 aliphatic heterocycles. The van der Waals surface area contributed by atoms with Gasteiger partial charge in [0.1, 0.15) is 0 Å². The van der Waals surface area contributed by atoms with E-state index in [0.717, 1.165) is 77.0 Å². The van der Waals surface area contributed by atoms with Crippen molar-refractivity contribution in [3.8, 4) is 0 Å². The van der Waals surface area contributed by atoms with Crippen LogP contribution in [-0.4, -0.2) is 36.4 Å². The van der Waals surface area contributed by atoms with Crippen LogP contribution in [0.25, 0.3) is 0 Å². The molecule has 0 aromatic rings. The van der Waals surface area contributed by atoms with E-state index >= 15 is 0 Å². The fraction of sp³-hybridized carbons (Fsp3) is 0.951. The van der Waals surface area contributed by atoms with E-state index in [1.807, 2.05) is 0 Å². The van der Waals surface area contributed by atoms with E-state index in [0.29, 0.717) is 37.9 Å². The smallest absolute Gasteiger partial charge is 0.305 e. The molecule has 5 heteroatoms. The molecule has 5 nitrogen and oxygen atoms in total. The first-order chi connectivity index (χ1) is 22.5. The molecule has 0 amide bonds. The van der Waals surface area contributed by atoms with Gasteiger partial charge in [-0.25, -0.2) is 0 Å². The lowest BCUT2D eigenvalue weighted by atomic mass is 9.96. The van der Waals surface area contributed by atoms with Crippen LogP contribution in [0.4, 0.5) is 0 Å². The summed E-state index contributed by atoms with van der Waals surface area (Å²) in [7, 11) is 0. The Balaban J connectivity index is 3.71. The number of esters is 2. The first-order valence-corrected chi connectivity index (χ1v) is 20.5. The van der Waals surface area contributed by atoms with E-state index in [9.17, 15) is 14.7 Å². The molecule has 0 radical (unpaired) electrons. The highest BCUT2D eigenvalue weighted by molar-refractivity contribution is 5.69. The van der Waals surface area contributed by atoms with Crippen molar-refractivity contribution in [3.05, 3.63) is 0 Å². The lowest BCUT2D eigenvalue weighted by Crippen LogP contribution is -2.14. The number of aliphatic hydroxyl groups is 1. The van der Waals surface area contributed by atoms with Gasteiger partial charge in [-0.15, -0.1) is 0 Å². The third-order valence-corrected chi connectivity index (χ3v) is 9.66. The number of ether oxygens (including phenoxy) is 2. The fourth-order valence-electron chi connectivity index (χ4n) is 6.40. The number of carbonyl (C=O) groups excluding carboxylic acids is 2. The van der Waals surface area contributed by atoms with E-state index in [2.05, 4.69) is 27.7 Å². The molecule has 0 aliphatic carbocycles. The second-order valence-electron chi connectivity index (χ2n) is 14.3. The zero-order chi connectivity index (χ0) is 33.9. The molecule has 0 rings (SSSR count). The molecule has 2 atom stereocenters. The van der Waals surface area contributed by atoms with E-state index in [4.69, 9.17) is 9.47 Å². The normalized spacial score (nSPS) is 13.4. The van der Waals surface area contributed by atoms with Gasteiger partial charge in [-0.3, -0.25) is 9.59 Å². The number of aliphatic hydroxyl groups excluding tert-OH is 1. The summed E-state index contributed by atoms with van der Waals surface area (Å²) in [6.45, 7) is 10.2. The van der Waals surface area contributed by atoms with Gasteiger partial charge in [0.2, 0.25) is 0 Å². The molecular weight excluding hydrogens is 572 g/mol. The maximum atomic E-state index is 12.2. The van der Waals surface area contributed by atoms with Gasteiger partial charge < -0.3 is 14.6 Å². The molecule has 0 aromatic carbocycles. The second-order valence-corrected chi connectivity index (χ2v) is 14.3. The summed E-state index contributed by atoms with van der Waals surface area (Å²) >= 11 is 0. The zero-order valence-corrected chi connectivity index (χ0v) is 31.4. The number of carbonyl (C=O) groups is 2. The Labute approximate surface area is 287 Å². The van der Waals surface area contributed by atoms with E-state index < -0.39 is 0 Å². The molecule has 1 N–H and O–H groups in total. The minimum atomic E-state index is -0.199. The van der Waals surface area contributed by atoms with Crippen LogP contribution in [0.2, 0.25) is 0 Å². The summed E-state index contributed by atoms with van der Waals surface area (Å²) < 4.78 is 11.3. The van der Waals surface area contributed by atoms with Gasteiger partial charge in [-0.05, 0) is 63.2 Å². The van der Waals surface area contributed by atoms with Crippen LogP contribution in [0, 0.1) is 11.8 Å². The molecule has 0 fully saturated rings. The molecule has 274 valence electrons. The van der Waals surface area contributed by atoms with Crippen molar-refractivity contribution in [1.29, 1.82) is 0 Å². The van der Waals surface area contributed by atoms with Crippen LogP contribution >= 0.6 is 0 Å². The van der Waals surface area contributed by atoms with Gasteiger partial charge in [-0.1, -0.05) is 156 Å². The zero-order valence-electron chi connectivity index (χ0n) is 31.4. The quantitative estimate of drug-likeness (QED) is 0.0538. The second kappa shape index (κ2) is 35.2. The van der Waals surface area contributed by atoms with Crippen LogP contribution in [0.3, 0.4) is 0 Å². The first kappa shape index (κ1) is 44.9. The van der Waals surface area contributed by atoms with Gasteiger partial charge >= 0.3 is 11.9 Å². The standard InChI is InChI=1S/C41H80O5/c1-5-9-13-21-29-37(27-11-7-3)35-45-40(43)33-25-19-15-17-23-31-39(42)32-24-18-16-20-26-34-41(44)46-36-38(28-12-8-4)30-22-14-10-6-2/h37-39,42H,5-36H2,1-4H3. The Morgan fingerprint density at radius 1 is 0.413 bits per heavy atom. The van der Waals surface area contributed by atoms with Crippen LogP contribution in [0.5, 0.6) is 0 Å². The summed E-state index contributed by atoms with van der Waals surface area (Å²) in [5.41, 5.74) is 0.